The number of hydrogen-bond donors (Lipinski definition) is 1. The highest BCUT2D eigenvalue weighted by atomic mass is 16.5. The second kappa shape index (κ2) is 10.1. The van der Waals surface area contributed by atoms with E-state index in [1.807, 2.05) is 30.5 Å². The molecular formula is C25H30N6O3. The van der Waals surface area contributed by atoms with E-state index in [0.29, 0.717) is 13.0 Å². The van der Waals surface area contributed by atoms with Crippen molar-refractivity contribution in [3.8, 4) is 11.5 Å². The Morgan fingerprint density at radius 1 is 1.15 bits per heavy atom. The van der Waals surface area contributed by atoms with Crippen LogP contribution in [-0.2, 0) is 17.9 Å². The van der Waals surface area contributed by atoms with Gasteiger partial charge in [-0.15, -0.1) is 5.10 Å². The zero-order valence-electron chi connectivity index (χ0n) is 19.4. The van der Waals surface area contributed by atoms with Gasteiger partial charge in [0, 0.05) is 50.4 Å². The number of rotatable bonds is 7. The second-order valence-electron chi connectivity index (χ2n) is 8.67. The molecule has 0 spiro atoms. The zero-order valence-corrected chi connectivity index (χ0v) is 19.4. The highest BCUT2D eigenvalue weighted by Crippen LogP contribution is 2.34. The third-order valence-electron chi connectivity index (χ3n) is 6.36. The quantitative estimate of drug-likeness (QED) is 0.577. The highest BCUT2D eigenvalue weighted by molar-refractivity contribution is 5.76. The SMILES string of the molecule is COc1ccc2c(c1)C(NC(=O)Cn1cc(CN3CCN(c4ccccc4)CC3)nn1)CCO2. The minimum absolute atomic E-state index is 0.103. The molecule has 1 saturated heterocycles. The molecular weight excluding hydrogens is 432 g/mol. The first-order valence-electron chi connectivity index (χ1n) is 11.7. The predicted octanol–water partition coefficient (Wildman–Crippen LogP) is 2.25. The summed E-state index contributed by atoms with van der Waals surface area (Å²) in [6, 6.07) is 16.1. The van der Waals surface area contributed by atoms with Crippen LogP contribution >= 0.6 is 0 Å². The molecule has 0 radical (unpaired) electrons. The van der Waals surface area contributed by atoms with Gasteiger partial charge in [0.15, 0.2) is 0 Å². The van der Waals surface area contributed by atoms with Crippen LogP contribution in [0.2, 0.25) is 0 Å². The Labute approximate surface area is 199 Å². The van der Waals surface area contributed by atoms with E-state index >= 15 is 0 Å². The number of carbonyl (C=O) groups excluding carboxylic acids is 1. The number of amides is 1. The molecule has 0 bridgehead atoms. The maximum atomic E-state index is 12.7. The standard InChI is InChI=1S/C25H30N6O3/c1-33-21-7-8-24-22(15-21)23(9-14-34-24)26-25(32)18-31-17-19(27-28-31)16-29-10-12-30(13-11-29)20-5-3-2-4-6-20/h2-8,15,17,23H,9-14,16,18H2,1H3,(H,26,32). The first-order valence-corrected chi connectivity index (χ1v) is 11.7. The number of nitrogens with one attached hydrogen (secondary N) is 1. The molecule has 1 N–H and O–H groups in total. The van der Waals surface area contributed by atoms with Crippen molar-refractivity contribution in [2.45, 2.75) is 25.6 Å². The monoisotopic (exact) mass is 462 g/mol. The number of piperazine rings is 1. The minimum atomic E-state index is -0.116. The fourth-order valence-corrected chi connectivity index (χ4v) is 4.56. The third-order valence-corrected chi connectivity index (χ3v) is 6.36. The Bertz CT molecular complexity index is 1110. The van der Waals surface area contributed by atoms with Gasteiger partial charge in [-0.3, -0.25) is 9.69 Å². The lowest BCUT2D eigenvalue weighted by Crippen LogP contribution is -2.46. The second-order valence-corrected chi connectivity index (χ2v) is 8.67. The van der Waals surface area contributed by atoms with Gasteiger partial charge in [0.1, 0.15) is 18.0 Å². The van der Waals surface area contributed by atoms with E-state index in [-0.39, 0.29) is 18.5 Å². The number of carbonyl (C=O) groups is 1. The molecule has 1 fully saturated rings. The van der Waals surface area contributed by atoms with Gasteiger partial charge in [0.05, 0.1) is 31.6 Å². The van der Waals surface area contributed by atoms with Gasteiger partial charge in [-0.1, -0.05) is 23.4 Å². The van der Waals surface area contributed by atoms with Gasteiger partial charge in [0.25, 0.3) is 0 Å². The smallest absolute Gasteiger partial charge is 0.242 e. The number of aromatic nitrogens is 3. The van der Waals surface area contributed by atoms with Gasteiger partial charge in [-0.25, -0.2) is 4.68 Å². The van der Waals surface area contributed by atoms with Crippen LogP contribution in [0, 0.1) is 0 Å². The van der Waals surface area contributed by atoms with Crippen molar-refractivity contribution in [1.82, 2.24) is 25.2 Å². The molecule has 9 nitrogen and oxygen atoms in total. The van der Waals surface area contributed by atoms with Gasteiger partial charge in [-0.2, -0.15) is 0 Å². The molecule has 3 aromatic rings. The molecule has 2 aliphatic heterocycles. The molecule has 0 aliphatic carbocycles. The summed E-state index contributed by atoms with van der Waals surface area (Å²) in [7, 11) is 1.63. The Morgan fingerprint density at radius 2 is 1.97 bits per heavy atom. The molecule has 178 valence electrons. The van der Waals surface area contributed by atoms with Crippen molar-refractivity contribution in [2.75, 3.05) is 44.8 Å². The number of benzene rings is 2. The van der Waals surface area contributed by atoms with E-state index in [4.69, 9.17) is 9.47 Å². The fraction of sp³-hybridized carbons (Fsp3) is 0.400. The number of methoxy groups -OCH3 is 1. The average Bonchev–Trinajstić information content (AvgIpc) is 3.31. The van der Waals surface area contributed by atoms with Crippen LogP contribution in [0.15, 0.2) is 54.7 Å². The van der Waals surface area contributed by atoms with Crippen LogP contribution in [0.25, 0.3) is 0 Å². The molecule has 1 amide bonds. The summed E-state index contributed by atoms with van der Waals surface area (Å²) in [4.78, 5) is 17.5. The van der Waals surface area contributed by atoms with E-state index in [1.165, 1.54) is 5.69 Å². The van der Waals surface area contributed by atoms with Gasteiger partial charge < -0.3 is 19.7 Å². The lowest BCUT2D eigenvalue weighted by atomic mass is 10.00. The van der Waals surface area contributed by atoms with E-state index in [1.54, 1.807) is 11.8 Å². The minimum Gasteiger partial charge on any atom is -0.497 e. The summed E-state index contributed by atoms with van der Waals surface area (Å²) >= 11 is 0. The zero-order chi connectivity index (χ0) is 23.3. The molecule has 5 rings (SSSR count). The van der Waals surface area contributed by atoms with Gasteiger partial charge in [-0.05, 0) is 30.3 Å². The van der Waals surface area contributed by atoms with Crippen LogP contribution in [0.3, 0.4) is 0 Å². The molecule has 1 unspecified atom stereocenters. The van der Waals surface area contributed by atoms with E-state index < -0.39 is 0 Å². The summed E-state index contributed by atoms with van der Waals surface area (Å²) in [5.74, 6) is 1.43. The number of fused-ring (bicyclic) bond motifs is 1. The summed E-state index contributed by atoms with van der Waals surface area (Å²) in [6.45, 7) is 5.33. The number of para-hydroxylation sites is 1. The van der Waals surface area contributed by atoms with E-state index in [9.17, 15) is 4.79 Å². The summed E-state index contributed by atoms with van der Waals surface area (Å²) in [5.41, 5.74) is 3.08. The fourth-order valence-electron chi connectivity index (χ4n) is 4.56. The van der Waals surface area contributed by atoms with Crippen molar-refractivity contribution in [1.29, 1.82) is 0 Å². The van der Waals surface area contributed by atoms with Crippen molar-refractivity contribution in [3.05, 3.63) is 66.0 Å². The Hall–Kier alpha value is -3.59. The normalized spacial score (nSPS) is 18.1. The van der Waals surface area contributed by atoms with Crippen LogP contribution in [0.4, 0.5) is 5.69 Å². The lowest BCUT2D eigenvalue weighted by molar-refractivity contribution is -0.122. The average molecular weight is 463 g/mol. The maximum absolute atomic E-state index is 12.7. The van der Waals surface area contributed by atoms with Gasteiger partial charge >= 0.3 is 0 Å². The topological polar surface area (TPSA) is 84.8 Å². The summed E-state index contributed by atoms with van der Waals surface area (Å²) < 4.78 is 12.7. The largest absolute Gasteiger partial charge is 0.497 e. The molecule has 2 aliphatic rings. The maximum Gasteiger partial charge on any atom is 0.242 e. The van der Waals surface area contributed by atoms with E-state index in [0.717, 1.165) is 55.5 Å². The first kappa shape index (κ1) is 22.2. The third kappa shape index (κ3) is 5.14. The van der Waals surface area contributed by atoms with Crippen molar-refractivity contribution in [2.24, 2.45) is 0 Å². The Kier molecular flexibility index (Phi) is 6.62. The van der Waals surface area contributed by atoms with Crippen molar-refractivity contribution in [3.63, 3.8) is 0 Å². The van der Waals surface area contributed by atoms with Crippen molar-refractivity contribution < 1.29 is 14.3 Å². The van der Waals surface area contributed by atoms with Crippen LogP contribution in [0.1, 0.15) is 23.7 Å². The van der Waals surface area contributed by atoms with Crippen molar-refractivity contribution >= 4 is 11.6 Å². The molecule has 1 aromatic heterocycles. The van der Waals surface area contributed by atoms with Crippen LogP contribution in [0.5, 0.6) is 11.5 Å². The Balaban J connectivity index is 1.13. The number of nitrogens with zero attached hydrogens (tertiary/aromatic N) is 5. The number of hydrogen-bond acceptors (Lipinski definition) is 7. The Morgan fingerprint density at radius 3 is 2.76 bits per heavy atom. The predicted molar refractivity (Wildman–Crippen MR) is 128 cm³/mol. The van der Waals surface area contributed by atoms with E-state index in [2.05, 4.69) is 49.7 Å². The van der Waals surface area contributed by atoms with Crippen LogP contribution in [-0.4, -0.2) is 65.7 Å². The number of ether oxygens (including phenoxy) is 2. The summed E-state index contributed by atoms with van der Waals surface area (Å²) in [6.07, 6.45) is 2.58. The number of anilines is 1. The molecule has 9 heteroatoms. The first-order chi connectivity index (χ1) is 16.7. The molecule has 2 aromatic carbocycles. The van der Waals surface area contributed by atoms with Gasteiger partial charge in [0.2, 0.25) is 5.91 Å². The molecule has 0 saturated carbocycles. The highest BCUT2D eigenvalue weighted by Gasteiger charge is 2.24. The molecule has 1 atom stereocenters. The molecule has 34 heavy (non-hydrogen) atoms. The summed E-state index contributed by atoms with van der Waals surface area (Å²) in [5, 5.41) is 11.6. The lowest BCUT2D eigenvalue weighted by Gasteiger charge is -2.35. The van der Waals surface area contributed by atoms with Crippen LogP contribution < -0.4 is 19.7 Å². The molecule has 3 heterocycles.